The zero-order valence-electron chi connectivity index (χ0n) is 15.0. The quantitative estimate of drug-likeness (QED) is 0.583. The van der Waals surface area contributed by atoms with E-state index in [9.17, 15) is 9.59 Å². The number of ether oxygens (including phenoxy) is 1. The Morgan fingerprint density at radius 1 is 1.28 bits per heavy atom. The van der Waals surface area contributed by atoms with Crippen LogP contribution in [-0.2, 0) is 19.2 Å². The summed E-state index contributed by atoms with van der Waals surface area (Å²) in [5, 5.41) is 5.25. The van der Waals surface area contributed by atoms with E-state index in [0.717, 1.165) is 25.6 Å². The highest BCUT2D eigenvalue weighted by molar-refractivity contribution is 5.84. The number of hydrazine groups is 1. The first kappa shape index (κ1) is 18.6. The molecule has 0 aromatic rings. The summed E-state index contributed by atoms with van der Waals surface area (Å²) in [6, 6.07) is -0.499. The molecule has 0 spiro atoms. The topological polar surface area (TPSA) is 91.9 Å². The van der Waals surface area contributed by atoms with Gasteiger partial charge in [-0.2, -0.15) is 5.48 Å². The van der Waals surface area contributed by atoms with Crippen LogP contribution in [0, 0.1) is 5.92 Å². The van der Waals surface area contributed by atoms with Crippen LogP contribution in [-0.4, -0.2) is 61.3 Å². The first-order valence-electron chi connectivity index (χ1n) is 9.52. The number of hydrogen-bond acceptors (Lipinski definition) is 7. The highest BCUT2D eigenvalue weighted by Crippen LogP contribution is 2.24. The maximum atomic E-state index is 12.3. The highest BCUT2D eigenvalue weighted by Gasteiger charge is 2.37. The molecule has 0 radical (unpaired) electrons. The van der Waals surface area contributed by atoms with E-state index in [1.165, 1.54) is 32.1 Å². The van der Waals surface area contributed by atoms with Crippen LogP contribution in [0.5, 0.6) is 0 Å². The predicted molar refractivity (Wildman–Crippen MR) is 91.1 cm³/mol. The van der Waals surface area contributed by atoms with E-state index < -0.39 is 12.1 Å². The van der Waals surface area contributed by atoms with Crippen LogP contribution in [0.4, 0.5) is 0 Å². The van der Waals surface area contributed by atoms with E-state index in [1.807, 2.05) is 0 Å². The lowest BCUT2D eigenvalue weighted by atomic mass is 9.89. The minimum atomic E-state index is -0.651. The van der Waals surface area contributed by atoms with Crippen molar-refractivity contribution in [2.24, 2.45) is 5.92 Å². The maximum absolute atomic E-state index is 12.3. The van der Waals surface area contributed by atoms with Gasteiger partial charge in [0.2, 0.25) is 0 Å². The van der Waals surface area contributed by atoms with Gasteiger partial charge >= 0.3 is 5.97 Å². The van der Waals surface area contributed by atoms with Crippen molar-refractivity contribution in [1.29, 1.82) is 0 Å². The van der Waals surface area contributed by atoms with Crippen LogP contribution in [0.15, 0.2) is 0 Å². The average molecular weight is 354 g/mol. The molecule has 2 saturated heterocycles. The van der Waals surface area contributed by atoms with Crippen molar-refractivity contribution >= 4 is 11.9 Å². The lowest BCUT2D eigenvalue weighted by Crippen LogP contribution is -2.44. The van der Waals surface area contributed by atoms with Crippen LogP contribution in [0.2, 0.25) is 0 Å². The summed E-state index contributed by atoms with van der Waals surface area (Å²) in [5.74, 6) is 0.216. The standard InChI is InChI=1S/C17H30N4O4/c1-2-24-17(23)14-8-15(25-20-14)16(22)19-13-9-18-21(11-13)10-12-6-4-3-5-7-12/h12-15,18,20H,2-11H2,1H3,(H,19,22). The summed E-state index contributed by atoms with van der Waals surface area (Å²) in [6.45, 7) is 4.67. The fourth-order valence-corrected chi connectivity index (χ4v) is 3.87. The second-order valence-electron chi connectivity index (χ2n) is 7.24. The fourth-order valence-electron chi connectivity index (χ4n) is 3.87. The van der Waals surface area contributed by atoms with Crippen molar-refractivity contribution in [2.45, 2.75) is 63.6 Å². The Bertz CT molecular complexity index is 470. The number of amides is 1. The molecule has 1 aliphatic carbocycles. The van der Waals surface area contributed by atoms with Gasteiger partial charge < -0.3 is 10.1 Å². The summed E-state index contributed by atoms with van der Waals surface area (Å²) >= 11 is 0. The smallest absolute Gasteiger partial charge is 0.325 e. The molecule has 25 heavy (non-hydrogen) atoms. The van der Waals surface area contributed by atoms with E-state index in [4.69, 9.17) is 9.57 Å². The van der Waals surface area contributed by atoms with Gasteiger partial charge in [0.25, 0.3) is 5.91 Å². The first-order valence-corrected chi connectivity index (χ1v) is 9.52. The fraction of sp³-hybridized carbons (Fsp3) is 0.882. The number of rotatable bonds is 6. The Hall–Kier alpha value is -1.22. The van der Waals surface area contributed by atoms with Crippen molar-refractivity contribution in [3.63, 3.8) is 0 Å². The van der Waals surface area contributed by atoms with E-state index in [-0.39, 0.29) is 17.9 Å². The number of carbonyl (C=O) groups excluding carboxylic acids is 2. The number of hydrogen-bond donors (Lipinski definition) is 3. The molecule has 142 valence electrons. The molecule has 0 aromatic heterocycles. The molecule has 8 nitrogen and oxygen atoms in total. The van der Waals surface area contributed by atoms with Crippen LogP contribution >= 0.6 is 0 Å². The van der Waals surface area contributed by atoms with E-state index in [0.29, 0.717) is 13.0 Å². The van der Waals surface area contributed by atoms with Crippen molar-refractivity contribution in [1.82, 2.24) is 21.2 Å². The molecule has 3 unspecified atom stereocenters. The Labute approximate surface area is 148 Å². The van der Waals surface area contributed by atoms with Crippen molar-refractivity contribution in [3.05, 3.63) is 0 Å². The SMILES string of the molecule is CCOC(=O)C1CC(C(=O)NC2CNN(CC3CCCCC3)C2)ON1. The van der Waals surface area contributed by atoms with Gasteiger partial charge in [-0.05, 0) is 25.7 Å². The molecule has 8 heteroatoms. The summed E-state index contributed by atoms with van der Waals surface area (Å²) in [6.07, 6.45) is 6.32. The van der Waals surface area contributed by atoms with E-state index in [2.05, 4.69) is 21.2 Å². The van der Waals surface area contributed by atoms with Gasteiger partial charge in [-0.3, -0.25) is 19.9 Å². The molecule has 3 N–H and O–H groups in total. The molecule has 3 fully saturated rings. The third kappa shape index (κ3) is 5.13. The number of carbonyl (C=O) groups is 2. The molecular weight excluding hydrogens is 324 g/mol. The summed E-state index contributed by atoms with van der Waals surface area (Å²) in [7, 11) is 0. The first-order chi connectivity index (χ1) is 12.2. The van der Waals surface area contributed by atoms with Gasteiger partial charge in [-0.15, -0.1) is 0 Å². The number of nitrogens with one attached hydrogen (secondary N) is 3. The lowest BCUT2D eigenvalue weighted by molar-refractivity contribution is -0.147. The minimum absolute atomic E-state index is 0.0707. The van der Waals surface area contributed by atoms with E-state index in [1.54, 1.807) is 6.92 Å². The Morgan fingerprint density at radius 2 is 2.08 bits per heavy atom. The second-order valence-corrected chi connectivity index (χ2v) is 7.24. The van der Waals surface area contributed by atoms with Crippen LogP contribution < -0.4 is 16.2 Å². The zero-order valence-corrected chi connectivity index (χ0v) is 15.0. The van der Waals surface area contributed by atoms with Gasteiger partial charge in [0.05, 0.1) is 12.6 Å². The molecule has 3 atom stereocenters. The monoisotopic (exact) mass is 354 g/mol. The van der Waals surface area contributed by atoms with Gasteiger partial charge in [-0.1, -0.05) is 19.3 Å². The lowest BCUT2D eigenvalue weighted by Gasteiger charge is -2.26. The van der Waals surface area contributed by atoms with E-state index >= 15 is 0 Å². The van der Waals surface area contributed by atoms with Gasteiger partial charge in [0, 0.05) is 26.1 Å². The van der Waals surface area contributed by atoms with Crippen molar-refractivity contribution < 1.29 is 19.2 Å². The minimum Gasteiger partial charge on any atom is -0.465 e. The third-order valence-corrected chi connectivity index (χ3v) is 5.22. The molecule has 1 amide bonds. The zero-order chi connectivity index (χ0) is 17.6. The van der Waals surface area contributed by atoms with Gasteiger partial charge in [0.1, 0.15) is 6.04 Å². The molecule has 0 bridgehead atoms. The Balaban J connectivity index is 1.38. The number of esters is 1. The van der Waals surface area contributed by atoms with Crippen LogP contribution in [0.1, 0.15) is 45.4 Å². The molecule has 2 aliphatic heterocycles. The molecule has 2 heterocycles. The number of hydroxylamine groups is 1. The molecular formula is C17H30N4O4. The van der Waals surface area contributed by atoms with Gasteiger partial charge in [0.15, 0.2) is 6.10 Å². The van der Waals surface area contributed by atoms with Crippen LogP contribution in [0.25, 0.3) is 0 Å². The predicted octanol–water partition coefficient (Wildman–Crippen LogP) is 0.0969. The molecule has 3 aliphatic rings. The highest BCUT2D eigenvalue weighted by atomic mass is 16.7. The summed E-state index contributed by atoms with van der Waals surface area (Å²) in [4.78, 5) is 29.3. The third-order valence-electron chi connectivity index (χ3n) is 5.22. The largest absolute Gasteiger partial charge is 0.465 e. The molecule has 3 rings (SSSR count). The van der Waals surface area contributed by atoms with Crippen molar-refractivity contribution in [2.75, 3.05) is 26.2 Å². The summed E-state index contributed by atoms with van der Waals surface area (Å²) in [5.41, 5.74) is 5.98. The normalized spacial score (nSPS) is 31.2. The Morgan fingerprint density at radius 3 is 2.84 bits per heavy atom. The van der Waals surface area contributed by atoms with Crippen molar-refractivity contribution in [3.8, 4) is 0 Å². The van der Waals surface area contributed by atoms with Gasteiger partial charge in [-0.25, -0.2) is 5.01 Å². The second kappa shape index (κ2) is 8.93. The Kier molecular flexibility index (Phi) is 6.63. The summed E-state index contributed by atoms with van der Waals surface area (Å²) < 4.78 is 4.94. The van der Waals surface area contributed by atoms with Crippen LogP contribution in [0.3, 0.4) is 0 Å². The maximum Gasteiger partial charge on any atom is 0.325 e. The number of nitrogens with zero attached hydrogens (tertiary/aromatic N) is 1. The average Bonchev–Trinajstić information content (AvgIpc) is 3.26. The molecule has 0 aromatic carbocycles. The molecule has 1 saturated carbocycles.